The van der Waals surface area contributed by atoms with Gasteiger partial charge in [-0.25, -0.2) is 4.79 Å². The minimum absolute atomic E-state index is 0.0168. The molecule has 3 aromatic rings. The third kappa shape index (κ3) is 5.12. The summed E-state index contributed by atoms with van der Waals surface area (Å²) in [6.45, 7) is 0.165. The van der Waals surface area contributed by atoms with E-state index >= 15 is 0 Å². The Labute approximate surface area is 207 Å². The molecule has 5 rings (SSSR count). The van der Waals surface area contributed by atoms with Crippen molar-refractivity contribution < 1.29 is 19.1 Å². The summed E-state index contributed by atoms with van der Waals surface area (Å²) in [5.41, 5.74) is 2.91. The van der Waals surface area contributed by atoms with E-state index in [9.17, 15) is 14.4 Å². The highest BCUT2D eigenvalue weighted by atomic mass is 32.1. The topological polar surface area (TPSA) is 97.4 Å². The minimum Gasteiger partial charge on any atom is -0.452 e. The molecule has 2 aromatic heterocycles. The van der Waals surface area contributed by atoms with E-state index in [-0.39, 0.29) is 23.8 Å². The Balaban J connectivity index is 1.24. The van der Waals surface area contributed by atoms with E-state index in [0.717, 1.165) is 49.0 Å². The van der Waals surface area contributed by atoms with Gasteiger partial charge in [-0.1, -0.05) is 30.3 Å². The van der Waals surface area contributed by atoms with Crippen molar-refractivity contribution in [2.24, 2.45) is 0 Å². The average Bonchev–Trinajstić information content (AvgIpc) is 3.61. The highest BCUT2D eigenvalue weighted by Crippen LogP contribution is 2.47. The number of nitrogens with zero attached hydrogens (tertiary/aromatic N) is 1. The molecule has 1 saturated carbocycles. The summed E-state index contributed by atoms with van der Waals surface area (Å²) >= 11 is 1.41. The molecule has 1 fully saturated rings. The number of aryl methyl sites for hydroxylation is 1. The number of carbonyl (C=O) groups excluding carboxylic acids is 3. The van der Waals surface area contributed by atoms with Crippen LogP contribution in [0.15, 0.2) is 54.9 Å². The molecule has 0 bridgehead atoms. The summed E-state index contributed by atoms with van der Waals surface area (Å²) in [6, 6.07) is 13.5. The normalized spacial score (nSPS) is 15.5. The van der Waals surface area contributed by atoms with Crippen molar-refractivity contribution in [3.63, 3.8) is 0 Å². The first-order valence-corrected chi connectivity index (χ1v) is 12.7. The number of rotatable bonds is 8. The molecule has 180 valence electrons. The quantitative estimate of drug-likeness (QED) is 0.461. The molecule has 0 spiro atoms. The van der Waals surface area contributed by atoms with E-state index in [1.54, 1.807) is 18.3 Å². The number of benzene rings is 1. The van der Waals surface area contributed by atoms with Crippen LogP contribution >= 0.6 is 11.3 Å². The van der Waals surface area contributed by atoms with E-state index < -0.39 is 5.97 Å². The third-order valence-corrected chi connectivity index (χ3v) is 7.93. The molecule has 0 atom stereocenters. The van der Waals surface area contributed by atoms with Crippen LogP contribution in [0.4, 0.5) is 5.00 Å². The number of amides is 2. The fraction of sp³-hybridized carbons (Fsp3) is 0.333. The van der Waals surface area contributed by atoms with Crippen molar-refractivity contribution in [2.45, 2.75) is 43.9 Å². The molecule has 0 saturated heterocycles. The number of hydrogen-bond acceptors (Lipinski definition) is 6. The number of ether oxygens (including phenoxy) is 1. The van der Waals surface area contributed by atoms with Crippen LogP contribution in [0.3, 0.4) is 0 Å². The molecule has 8 heteroatoms. The maximum absolute atomic E-state index is 13.1. The van der Waals surface area contributed by atoms with Gasteiger partial charge in [0, 0.05) is 29.2 Å². The summed E-state index contributed by atoms with van der Waals surface area (Å²) in [6.07, 6.45) is 8.77. The highest BCUT2D eigenvalue weighted by Gasteiger charge is 2.44. The number of thiophene rings is 1. The minimum atomic E-state index is -0.578. The van der Waals surface area contributed by atoms with Gasteiger partial charge in [0.2, 0.25) is 0 Å². The lowest BCUT2D eigenvalue weighted by Gasteiger charge is -2.17. The van der Waals surface area contributed by atoms with Gasteiger partial charge in [-0.2, -0.15) is 0 Å². The van der Waals surface area contributed by atoms with Gasteiger partial charge in [-0.3, -0.25) is 14.6 Å². The number of pyridine rings is 1. The summed E-state index contributed by atoms with van der Waals surface area (Å²) < 4.78 is 5.43. The fourth-order valence-corrected chi connectivity index (χ4v) is 5.85. The van der Waals surface area contributed by atoms with Crippen molar-refractivity contribution in [1.82, 2.24) is 10.3 Å². The Morgan fingerprint density at radius 1 is 1.03 bits per heavy atom. The summed E-state index contributed by atoms with van der Waals surface area (Å²) in [5.74, 6) is -1.24. The second-order valence-electron chi connectivity index (χ2n) is 9.11. The molecule has 0 aliphatic heterocycles. The number of carbonyl (C=O) groups is 3. The van der Waals surface area contributed by atoms with E-state index in [1.807, 2.05) is 18.2 Å². The Kier molecular flexibility index (Phi) is 6.63. The standard InChI is InChI=1S/C27H27N3O4S/c31-22(29-17-27(12-13-27)19-8-2-1-3-9-19)16-34-26(33)23-20-10-4-5-11-21(20)35-25(23)30-24(32)18-7-6-14-28-15-18/h1-3,6-9,14-15H,4-5,10-13,16-17H2,(H,29,31)(H,30,32). The zero-order valence-corrected chi connectivity index (χ0v) is 20.2. The molecule has 0 radical (unpaired) electrons. The Bertz CT molecular complexity index is 1240. The van der Waals surface area contributed by atoms with Crippen LogP contribution in [-0.2, 0) is 27.8 Å². The Morgan fingerprint density at radius 2 is 1.83 bits per heavy atom. The van der Waals surface area contributed by atoms with Gasteiger partial charge in [0.25, 0.3) is 11.8 Å². The summed E-state index contributed by atoms with van der Waals surface area (Å²) in [7, 11) is 0. The molecule has 7 nitrogen and oxygen atoms in total. The smallest absolute Gasteiger partial charge is 0.341 e. The lowest BCUT2D eigenvalue weighted by atomic mass is 9.95. The molecule has 2 amide bonds. The van der Waals surface area contributed by atoms with E-state index in [1.165, 1.54) is 23.1 Å². The maximum atomic E-state index is 13.1. The molecule has 2 heterocycles. The van der Waals surface area contributed by atoms with Crippen LogP contribution in [-0.4, -0.2) is 35.9 Å². The average molecular weight is 490 g/mol. The van der Waals surface area contributed by atoms with Crippen LogP contribution in [0.2, 0.25) is 0 Å². The molecule has 2 N–H and O–H groups in total. The molecule has 35 heavy (non-hydrogen) atoms. The molecular formula is C27H27N3O4S. The Morgan fingerprint density at radius 3 is 2.57 bits per heavy atom. The number of fused-ring (bicyclic) bond motifs is 1. The lowest BCUT2D eigenvalue weighted by molar-refractivity contribution is -0.124. The van der Waals surface area contributed by atoms with Crippen molar-refractivity contribution in [3.05, 3.63) is 82.0 Å². The summed E-state index contributed by atoms with van der Waals surface area (Å²) in [4.78, 5) is 43.4. The van der Waals surface area contributed by atoms with Gasteiger partial charge in [0.05, 0.1) is 11.1 Å². The molecule has 1 aromatic carbocycles. The van der Waals surface area contributed by atoms with Crippen LogP contribution in [0, 0.1) is 0 Å². The number of aromatic nitrogens is 1. The van der Waals surface area contributed by atoms with Crippen LogP contribution in [0.5, 0.6) is 0 Å². The zero-order valence-electron chi connectivity index (χ0n) is 19.3. The van der Waals surface area contributed by atoms with E-state index in [4.69, 9.17) is 4.74 Å². The summed E-state index contributed by atoms with van der Waals surface area (Å²) in [5, 5.41) is 6.26. The monoisotopic (exact) mass is 489 g/mol. The van der Waals surface area contributed by atoms with Gasteiger partial charge < -0.3 is 15.4 Å². The highest BCUT2D eigenvalue weighted by molar-refractivity contribution is 7.17. The van der Waals surface area contributed by atoms with Crippen molar-refractivity contribution >= 4 is 34.1 Å². The first kappa shape index (κ1) is 23.2. The third-order valence-electron chi connectivity index (χ3n) is 6.72. The largest absolute Gasteiger partial charge is 0.452 e. The zero-order chi connectivity index (χ0) is 24.3. The molecule has 2 aliphatic rings. The number of anilines is 1. The van der Waals surface area contributed by atoms with Gasteiger partial charge in [-0.05, 0) is 61.8 Å². The lowest BCUT2D eigenvalue weighted by Crippen LogP contribution is -2.35. The fourth-order valence-electron chi connectivity index (χ4n) is 4.57. The van der Waals surface area contributed by atoms with Gasteiger partial charge in [0.1, 0.15) is 5.00 Å². The second kappa shape index (κ2) is 10.00. The van der Waals surface area contributed by atoms with Crippen LogP contribution in [0.1, 0.15) is 62.4 Å². The molecule has 0 unspecified atom stereocenters. The number of hydrogen-bond donors (Lipinski definition) is 2. The van der Waals surface area contributed by atoms with Gasteiger partial charge in [-0.15, -0.1) is 11.3 Å². The van der Waals surface area contributed by atoms with Gasteiger partial charge >= 0.3 is 5.97 Å². The van der Waals surface area contributed by atoms with Crippen molar-refractivity contribution in [1.29, 1.82) is 0 Å². The number of esters is 1. The van der Waals surface area contributed by atoms with Crippen LogP contribution in [0.25, 0.3) is 0 Å². The van der Waals surface area contributed by atoms with Crippen LogP contribution < -0.4 is 10.6 Å². The predicted octanol–water partition coefficient (Wildman–Crippen LogP) is 4.28. The van der Waals surface area contributed by atoms with Gasteiger partial charge in [0.15, 0.2) is 6.61 Å². The van der Waals surface area contributed by atoms with E-state index in [0.29, 0.717) is 22.7 Å². The van der Waals surface area contributed by atoms with Crippen molar-refractivity contribution in [2.75, 3.05) is 18.5 Å². The Hall–Kier alpha value is -3.52. The predicted molar refractivity (Wildman–Crippen MR) is 134 cm³/mol. The van der Waals surface area contributed by atoms with E-state index in [2.05, 4.69) is 27.8 Å². The second-order valence-corrected chi connectivity index (χ2v) is 10.2. The first-order valence-electron chi connectivity index (χ1n) is 11.9. The molecular weight excluding hydrogens is 462 g/mol. The SMILES string of the molecule is O=C(COC(=O)c1c(NC(=O)c2cccnc2)sc2c1CCCC2)NCC1(c2ccccc2)CC1. The molecule has 2 aliphatic carbocycles. The number of nitrogens with one attached hydrogen (secondary N) is 2. The maximum Gasteiger partial charge on any atom is 0.341 e. The first-order chi connectivity index (χ1) is 17.1. The van der Waals surface area contributed by atoms with Crippen molar-refractivity contribution in [3.8, 4) is 0 Å².